The summed E-state index contributed by atoms with van der Waals surface area (Å²) in [5.74, 6) is -3.21. The molecule has 6 nitrogen and oxygen atoms in total. The number of hydrogen-bond donors (Lipinski definition) is 2. The van der Waals surface area contributed by atoms with Gasteiger partial charge in [0.15, 0.2) is 11.6 Å². The summed E-state index contributed by atoms with van der Waals surface area (Å²) in [5, 5.41) is 12.4. The summed E-state index contributed by atoms with van der Waals surface area (Å²) in [4.78, 5) is 15.5. The maximum absolute atomic E-state index is 14.2. The highest BCUT2D eigenvalue weighted by atomic mass is 32.1. The van der Waals surface area contributed by atoms with Crippen LogP contribution in [0.2, 0.25) is 0 Å². The van der Waals surface area contributed by atoms with Gasteiger partial charge in [0.1, 0.15) is 34.8 Å². The van der Waals surface area contributed by atoms with Crippen LogP contribution in [0.3, 0.4) is 0 Å². The number of hydrogen-bond acceptors (Lipinski definition) is 6. The van der Waals surface area contributed by atoms with Gasteiger partial charge in [0, 0.05) is 10.9 Å². The van der Waals surface area contributed by atoms with E-state index in [1.54, 1.807) is 24.6 Å². The summed E-state index contributed by atoms with van der Waals surface area (Å²) in [6, 6.07) is 9.15. The number of amides is 1. The largest absolute Gasteiger partial charge is 0.497 e. The SMILES string of the molecule is COc1ccc(-c2csc(C(O)COc3ccc(F)c(C(N)=O)c3F)n2)cc1. The molecule has 1 unspecified atom stereocenters. The number of benzene rings is 2. The average Bonchev–Trinajstić information content (AvgIpc) is 3.17. The molecule has 0 aliphatic heterocycles. The Kier molecular flexibility index (Phi) is 5.86. The first-order valence-electron chi connectivity index (χ1n) is 8.09. The summed E-state index contributed by atoms with van der Waals surface area (Å²) < 4.78 is 37.9. The molecule has 146 valence electrons. The number of halogens is 2. The first-order valence-corrected chi connectivity index (χ1v) is 8.97. The van der Waals surface area contributed by atoms with Gasteiger partial charge in [-0.25, -0.2) is 13.8 Å². The lowest BCUT2D eigenvalue weighted by atomic mass is 10.1. The van der Waals surface area contributed by atoms with Gasteiger partial charge >= 0.3 is 0 Å². The molecule has 3 rings (SSSR count). The maximum atomic E-state index is 14.2. The summed E-state index contributed by atoms with van der Waals surface area (Å²) in [5.41, 5.74) is 5.58. The smallest absolute Gasteiger partial charge is 0.254 e. The van der Waals surface area contributed by atoms with E-state index in [0.717, 1.165) is 17.7 Å². The fourth-order valence-electron chi connectivity index (χ4n) is 2.45. The zero-order valence-corrected chi connectivity index (χ0v) is 15.5. The number of aliphatic hydroxyl groups excluding tert-OH is 1. The number of rotatable bonds is 7. The Hall–Kier alpha value is -3.04. The molecule has 0 aliphatic rings. The van der Waals surface area contributed by atoms with Gasteiger partial charge in [-0.1, -0.05) is 0 Å². The van der Waals surface area contributed by atoms with Crippen molar-refractivity contribution in [3.8, 4) is 22.8 Å². The van der Waals surface area contributed by atoms with Crippen molar-refractivity contribution in [2.45, 2.75) is 6.10 Å². The van der Waals surface area contributed by atoms with Gasteiger partial charge in [-0.3, -0.25) is 4.79 Å². The van der Waals surface area contributed by atoms with Crippen molar-refractivity contribution in [2.24, 2.45) is 5.73 Å². The molecule has 0 saturated carbocycles. The van der Waals surface area contributed by atoms with E-state index in [1.807, 2.05) is 12.1 Å². The third-order valence-electron chi connectivity index (χ3n) is 3.89. The number of nitrogens with zero attached hydrogens (tertiary/aromatic N) is 1. The van der Waals surface area contributed by atoms with Gasteiger partial charge in [-0.05, 0) is 36.4 Å². The van der Waals surface area contributed by atoms with Gasteiger partial charge in [-0.15, -0.1) is 11.3 Å². The number of nitrogens with two attached hydrogens (primary N) is 1. The van der Waals surface area contributed by atoms with E-state index in [2.05, 4.69) is 4.98 Å². The standard InChI is InChI=1S/C19H16F2N2O4S/c1-26-11-4-2-10(3-5-11)13-9-28-19(23-13)14(24)8-27-15-7-6-12(20)16(17(15)21)18(22)25/h2-7,9,14,24H,8H2,1H3,(H2,22,25). The van der Waals surface area contributed by atoms with Gasteiger partial charge in [0.05, 0.1) is 12.8 Å². The molecule has 0 radical (unpaired) electrons. The monoisotopic (exact) mass is 406 g/mol. The van der Waals surface area contributed by atoms with Gasteiger partial charge < -0.3 is 20.3 Å². The van der Waals surface area contributed by atoms with Crippen LogP contribution in [-0.2, 0) is 0 Å². The molecule has 1 heterocycles. The van der Waals surface area contributed by atoms with Crippen LogP contribution in [0.25, 0.3) is 11.3 Å². The van der Waals surface area contributed by atoms with E-state index in [0.29, 0.717) is 16.5 Å². The van der Waals surface area contributed by atoms with Crippen molar-refractivity contribution in [3.05, 3.63) is 64.0 Å². The van der Waals surface area contributed by atoms with Crippen LogP contribution in [0.1, 0.15) is 21.5 Å². The van der Waals surface area contributed by atoms with Crippen molar-refractivity contribution in [3.63, 3.8) is 0 Å². The third kappa shape index (κ3) is 4.10. The molecule has 0 bridgehead atoms. The number of carbonyl (C=O) groups excluding carboxylic acids is 1. The lowest BCUT2D eigenvalue weighted by Crippen LogP contribution is -2.17. The van der Waals surface area contributed by atoms with E-state index in [1.165, 1.54) is 11.3 Å². The third-order valence-corrected chi connectivity index (χ3v) is 4.84. The van der Waals surface area contributed by atoms with Crippen molar-refractivity contribution < 1.29 is 28.2 Å². The zero-order valence-electron chi connectivity index (χ0n) is 14.7. The van der Waals surface area contributed by atoms with Crippen molar-refractivity contribution in [2.75, 3.05) is 13.7 Å². The molecule has 3 N–H and O–H groups in total. The van der Waals surface area contributed by atoms with Crippen molar-refractivity contribution >= 4 is 17.2 Å². The molecule has 0 fully saturated rings. The number of aromatic nitrogens is 1. The molecule has 0 saturated heterocycles. The summed E-state index contributed by atoms with van der Waals surface area (Å²) >= 11 is 1.21. The maximum Gasteiger partial charge on any atom is 0.254 e. The van der Waals surface area contributed by atoms with E-state index < -0.39 is 29.2 Å². The van der Waals surface area contributed by atoms with Gasteiger partial charge in [0.25, 0.3) is 5.91 Å². The van der Waals surface area contributed by atoms with Crippen molar-refractivity contribution in [1.82, 2.24) is 4.98 Å². The molecule has 1 aromatic heterocycles. The Bertz CT molecular complexity index is 992. The molecular formula is C19H16F2N2O4S. The Balaban J connectivity index is 1.71. The van der Waals surface area contributed by atoms with E-state index >= 15 is 0 Å². The molecule has 1 atom stereocenters. The van der Waals surface area contributed by atoms with Crippen LogP contribution in [0, 0.1) is 11.6 Å². The molecule has 9 heteroatoms. The number of methoxy groups -OCH3 is 1. The topological polar surface area (TPSA) is 94.7 Å². The number of carbonyl (C=O) groups is 1. The second-order valence-corrected chi connectivity index (χ2v) is 6.61. The molecule has 0 spiro atoms. The Morgan fingerprint density at radius 2 is 1.96 bits per heavy atom. The van der Waals surface area contributed by atoms with Gasteiger partial charge in [-0.2, -0.15) is 0 Å². The first-order chi connectivity index (χ1) is 13.4. The molecular weight excluding hydrogens is 390 g/mol. The van der Waals surface area contributed by atoms with E-state index in [4.69, 9.17) is 15.2 Å². The quantitative estimate of drug-likeness (QED) is 0.628. The fourth-order valence-corrected chi connectivity index (χ4v) is 3.24. The molecule has 0 aliphatic carbocycles. The Morgan fingerprint density at radius 3 is 2.61 bits per heavy atom. The number of aliphatic hydroxyl groups is 1. The summed E-state index contributed by atoms with van der Waals surface area (Å²) in [6.45, 7) is -0.337. The highest BCUT2D eigenvalue weighted by molar-refractivity contribution is 7.10. The second-order valence-electron chi connectivity index (χ2n) is 5.73. The Morgan fingerprint density at radius 1 is 1.25 bits per heavy atom. The number of primary amides is 1. The normalized spacial score (nSPS) is 11.9. The molecule has 3 aromatic rings. The van der Waals surface area contributed by atoms with Crippen LogP contribution in [0.4, 0.5) is 8.78 Å². The van der Waals surface area contributed by atoms with E-state index in [-0.39, 0.29) is 12.4 Å². The zero-order chi connectivity index (χ0) is 20.3. The van der Waals surface area contributed by atoms with Crippen LogP contribution in [-0.4, -0.2) is 29.7 Å². The fraction of sp³-hybridized carbons (Fsp3) is 0.158. The van der Waals surface area contributed by atoms with Crippen molar-refractivity contribution in [1.29, 1.82) is 0 Å². The summed E-state index contributed by atoms with van der Waals surface area (Å²) in [7, 11) is 1.57. The molecule has 1 amide bonds. The minimum Gasteiger partial charge on any atom is -0.497 e. The van der Waals surface area contributed by atoms with Crippen LogP contribution >= 0.6 is 11.3 Å². The predicted molar refractivity (Wildman–Crippen MR) is 99.4 cm³/mol. The van der Waals surface area contributed by atoms with Crippen LogP contribution in [0.15, 0.2) is 41.8 Å². The predicted octanol–water partition coefficient (Wildman–Crippen LogP) is 3.31. The van der Waals surface area contributed by atoms with E-state index in [9.17, 15) is 18.7 Å². The summed E-state index contributed by atoms with van der Waals surface area (Å²) in [6.07, 6.45) is -1.14. The highest BCUT2D eigenvalue weighted by Crippen LogP contribution is 2.28. The first kappa shape index (κ1) is 19.7. The minimum atomic E-state index is -1.25. The highest BCUT2D eigenvalue weighted by Gasteiger charge is 2.21. The lowest BCUT2D eigenvalue weighted by Gasteiger charge is -2.12. The van der Waals surface area contributed by atoms with Crippen LogP contribution in [0.5, 0.6) is 11.5 Å². The minimum absolute atomic E-state index is 0.337. The molecule has 28 heavy (non-hydrogen) atoms. The lowest BCUT2D eigenvalue weighted by molar-refractivity contribution is 0.0982. The Labute approximate surface area is 163 Å². The van der Waals surface area contributed by atoms with Crippen LogP contribution < -0.4 is 15.2 Å². The number of thiazole rings is 1. The molecule has 2 aromatic carbocycles. The average molecular weight is 406 g/mol. The second kappa shape index (κ2) is 8.32. The number of ether oxygens (including phenoxy) is 2. The van der Waals surface area contributed by atoms with Gasteiger partial charge in [0.2, 0.25) is 0 Å².